The summed E-state index contributed by atoms with van der Waals surface area (Å²) in [5.41, 5.74) is 7.04. The fraction of sp³-hybridized carbons (Fsp3) is 0.579. The molecule has 0 atom stereocenters. The summed E-state index contributed by atoms with van der Waals surface area (Å²) in [6.45, 7) is 5.28. The predicted molar refractivity (Wildman–Crippen MR) is 101 cm³/mol. The van der Waals surface area contributed by atoms with Gasteiger partial charge in [-0.15, -0.1) is 0 Å². The molecule has 0 saturated carbocycles. The normalized spacial score (nSPS) is 15.7. The Kier molecular flexibility index (Phi) is 6.11. The molecule has 142 valence electrons. The van der Waals surface area contributed by atoms with E-state index in [1.165, 1.54) is 0 Å². The Labute approximate surface area is 153 Å². The summed E-state index contributed by atoms with van der Waals surface area (Å²) in [7, 11) is 0. The molecule has 2 heterocycles. The number of fused-ring (bicyclic) bond motifs is 1. The molecule has 1 amide bonds. The second-order valence-corrected chi connectivity index (χ2v) is 6.69. The van der Waals surface area contributed by atoms with Crippen LogP contribution >= 0.6 is 0 Å². The Bertz CT molecular complexity index is 803. The highest BCUT2D eigenvalue weighted by atomic mass is 16.5. The topological polar surface area (TPSA) is 82.5 Å². The van der Waals surface area contributed by atoms with Gasteiger partial charge < -0.3 is 15.4 Å². The molecule has 0 bridgehead atoms. The zero-order valence-electron chi connectivity index (χ0n) is 15.4. The summed E-state index contributed by atoms with van der Waals surface area (Å²) in [5.74, 6) is -0.00786. The van der Waals surface area contributed by atoms with Gasteiger partial charge in [0.15, 0.2) is 0 Å². The van der Waals surface area contributed by atoms with Crippen LogP contribution in [0.1, 0.15) is 26.2 Å². The van der Waals surface area contributed by atoms with Crippen LogP contribution in [0.2, 0.25) is 0 Å². The maximum atomic E-state index is 12.7. The van der Waals surface area contributed by atoms with Crippen molar-refractivity contribution in [2.75, 3.05) is 26.2 Å². The van der Waals surface area contributed by atoms with Gasteiger partial charge in [-0.3, -0.25) is 13.9 Å². The summed E-state index contributed by atoms with van der Waals surface area (Å²) < 4.78 is 9.08. The van der Waals surface area contributed by atoms with Gasteiger partial charge >= 0.3 is 5.69 Å². The highest BCUT2D eigenvalue weighted by Crippen LogP contribution is 2.16. The number of ether oxygens (including phenoxy) is 1. The van der Waals surface area contributed by atoms with Crippen molar-refractivity contribution in [2.24, 2.45) is 5.73 Å². The number of likely N-dealkylation sites (tertiary alicyclic amines) is 1. The van der Waals surface area contributed by atoms with Gasteiger partial charge in [0.05, 0.1) is 17.1 Å². The number of nitrogens with zero attached hydrogens (tertiary/aromatic N) is 3. The molecular weight excluding hydrogens is 332 g/mol. The molecule has 1 aliphatic heterocycles. The molecule has 1 fully saturated rings. The molecule has 2 N–H and O–H groups in total. The van der Waals surface area contributed by atoms with E-state index in [0.29, 0.717) is 32.8 Å². The molecule has 1 aromatic carbocycles. The van der Waals surface area contributed by atoms with Crippen LogP contribution in [0.15, 0.2) is 29.1 Å². The Morgan fingerprint density at radius 1 is 1.19 bits per heavy atom. The van der Waals surface area contributed by atoms with E-state index in [1.807, 2.05) is 36.1 Å². The zero-order valence-corrected chi connectivity index (χ0v) is 15.4. The fourth-order valence-electron chi connectivity index (χ4n) is 3.57. The van der Waals surface area contributed by atoms with Gasteiger partial charge in [-0.05, 0) is 44.9 Å². The molecule has 0 radical (unpaired) electrons. The van der Waals surface area contributed by atoms with Gasteiger partial charge in [-0.2, -0.15) is 0 Å². The van der Waals surface area contributed by atoms with Crippen LogP contribution in [-0.2, 0) is 22.6 Å². The molecule has 7 heteroatoms. The van der Waals surface area contributed by atoms with Crippen LogP contribution in [-0.4, -0.2) is 52.3 Å². The lowest BCUT2D eigenvalue weighted by molar-refractivity contribution is -0.134. The fourth-order valence-corrected chi connectivity index (χ4v) is 3.57. The molecule has 1 aromatic heterocycles. The summed E-state index contributed by atoms with van der Waals surface area (Å²) in [4.78, 5) is 27.2. The number of carbonyl (C=O) groups is 1. The SMILES string of the molecule is CCn1c(=O)n(CC(=O)N2CCC(OCCCN)CC2)c2ccccc21. The van der Waals surface area contributed by atoms with Crippen molar-refractivity contribution >= 4 is 16.9 Å². The summed E-state index contributed by atoms with van der Waals surface area (Å²) in [6, 6.07) is 7.63. The van der Waals surface area contributed by atoms with Crippen molar-refractivity contribution in [1.82, 2.24) is 14.0 Å². The van der Waals surface area contributed by atoms with Crippen molar-refractivity contribution in [3.8, 4) is 0 Å². The molecule has 1 saturated heterocycles. The second kappa shape index (κ2) is 8.51. The number of hydrogen-bond acceptors (Lipinski definition) is 4. The molecule has 2 aromatic rings. The standard InChI is InChI=1S/C19H28N4O3/c1-2-22-16-6-3-4-7-17(16)23(19(22)25)14-18(24)21-11-8-15(9-12-21)26-13-5-10-20/h3-4,6-7,15H,2,5,8-14,20H2,1H3. The van der Waals surface area contributed by atoms with Crippen molar-refractivity contribution in [3.63, 3.8) is 0 Å². The first-order valence-electron chi connectivity index (χ1n) is 9.43. The zero-order chi connectivity index (χ0) is 18.5. The monoisotopic (exact) mass is 360 g/mol. The van der Waals surface area contributed by atoms with Gasteiger partial charge in [0.1, 0.15) is 6.54 Å². The van der Waals surface area contributed by atoms with Gasteiger partial charge in [-0.25, -0.2) is 4.79 Å². The van der Waals surface area contributed by atoms with Crippen LogP contribution in [0.3, 0.4) is 0 Å². The molecule has 0 unspecified atom stereocenters. The molecule has 0 spiro atoms. The number of hydrogen-bond donors (Lipinski definition) is 1. The molecule has 0 aliphatic carbocycles. The van der Waals surface area contributed by atoms with Crippen molar-refractivity contribution in [1.29, 1.82) is 0 Å². The quantitative estimate of drug-likeness (QED) is 0.752. The highest BCUT2D eigenvalue weighted by molar-refractivity contribution is 5.81. The first-order chi connectivity index (χ1) is 12.7. The number of para-hydroxylation sites is 2. The Balaban J connectivity index is 1.65. The number of carbonyl (C=O) groups excluding carboxylic acids is 1. The van der Waals surface area contributed by atoms with Crippen LogP contribution in [0.4, 0.5) is 0 Å². The minimum Gasteiger partial charge on any atom is -0.378 e. The van der Waals surface area contributed by atoms with Crippen LogP contribution < -0.4 is 11.4 Å². The highest BCUT2D eigenvalue weighted by Gasteiger charge is 2.24. The first-order valence-corrected chi connectivity index (χ1v) is 9.43. The third-order valence-corrected chi connectivity index (χ3v) is 5.03. The third-order valence-electron chi connectivity index (χ3n) is 5.03. The lowest BCUT2D eigenvalue weighted by Gasteiger charge is -2.32. The van der Waals surface area contributed by atoms with E-state index in [4.69, 9.17) is 10.5 Å². The van der Waals surface area contributed by atoms with Gasteiger partial charge in [0.2, 0.25) is 5.91 Å². The number of piperidine rings is 1. The first kappa shape index (κ1) is 18.7. The number of imidazole rings is 1. The molecule has 26 heavy (non-hydrogen) atoms. The number of benzene rings is 1. The van der Waals surface area contributed by atoms with E-state index >= 15 is 0 Å². The second-order valence-electron chi connectivity index (χ2n) is 6.69. The Hall–Kier alpha value is -2.12. The third kappa shape index (κ3) is 3.83. The lowest BCUT2D eigenvalue weighted by atomic mass is 10.1. The van der Waals surface area contributed by atoms with E-state index in [9.17, 15) is 9.59 Å². The molecule has 1 aliphatic rings. The number of aryl methyl sites for hydroxylation is 1. The van der Waals surface area contributed by atoms with Crippen molar-refractivity contribution in [3.05, 3.63) is 34.7 Å². The Morgan fingerprint density at radius 2 is 1.85 bits per heavy atom. The summed E-state index contributed by atoms with van der Waals surface area (Å²) in [5, 5.41) is 0. The van der Waals surface area contributed by atoms with Crippen molar-refractivity contribution < 1.29 is 9.53 Å². The number of nitrogens with two attached hydrogens (primary N) is 1. The van der Waals surface area contributed by atoms with E-state index < -0.39 is 0 Å². The minimum absolute atomic E-state index is 0.00786. The average molecular weight is 360 g/mol. The van der Waals surface area contributed by atoms with Crippen LogP contribution in [0, 0.1) is 0 Å². The maximum Gasteiger partial charge on any atom is 0.329 e. The van der Waals surface area contributed by atoms with E-state index in [2.05, 4.69) is 0 Å². The number of rotatable bonds is 7. The molecule has 3 rings (SSSR count). The molecule has 7 nitrogen and oxygen atoms in total. The van der Waals surface area contributed by atoms with Gasteiger partial charge in [0, 0.05) is 26.2 Å². The smallest absolute Gasteiger partial charge is 0.329 e. The largest absolute Gasteiger partial charge is 0.378 e. The van der Waals surface area contributed by atoms with Gasteiger partial charge in [0.25, 0.3) is 0 Å². The average Bonchev–Trinajstić information content (AvgIpc) is 2.94. The minimum atomic E-state index is -0.123. The van der Waals surface area contributed by atoms with E-state index in [-0.39, 0.29) is 24.2 Å². The van der Waals surface area contributed by atoms with E-state index in [1.54, 1.807) is 9.13 Å². The maximum absolute atomic E-state index is 12.7. The van der Waals surface area contributed by atoms with Gasteiger partial charge in [-0.1, -0.05) is 12.1 Å². The van der Waals surface area contributed by atoms with Crippen molar-refractivity contribution in [2.45, 2.75) is 45.4 Å². The summed E-state index contributed by atoms with van der Waals surface area (Å²) >= 11 is 0. The summed E-state index contributed by atoms with van der Waals surface area (Å²) in [6.07, 6.45) is 2.74. The van der Waals surface area contributed by atoms with Crippen LogP contribution in [0.25, 0.3) is 11.0 Å². The van der Waals surface area contributed by atoms with Crippen LogP contribution in [0.5, 0.6) is 0 Å². The number of amides is 1. The van der Waals surface area contributed by atoms with E-state index in [0.717, 1.165) is 30.3 Å². The number of aromatic nitrogens is 2. The predicted octanol–water partition coefficient (Wildman–Crippen LogP) is 1.18. The Morgan fingerprint density at radius 3 is 2.46 bits per heavy atom. The molecular formula is C19H28N4O3. The lowest BCUT2D eigenvalue weighted by Crippen LogP contribution is -2.43.